The Labute approximate surface area is 148 Å². The fourth-order valence-corrected chi connectivity index (χ4v) is 4.10. The van der Waals surface area contributed by atoms with Crippen molar-refractivity contribution < 1.29 is 44.4 Å². The molecule has 2 aromatic carbocycles. The van der Waals surface area contributed by atoms with Crippen LogP contribution in [0.5, 0.6) is 0 Å². The van der Waals surface area contributed by atoms with Gasteiger partial charge in [-0.1, -0.05) is 36.4 Å². The summed E-state index contributed by atoms with van der Waals surface area (Å²) in [7, 11) is -5.30. The molecule has 6 atom stereocenters. The summed E-state index contributed by atoms with van der Waals surface area (Å²) >= 11 is 0. The van der Waals surface area contributed by atoms with E-state index in [0.717, 1.165) is 5.39 Å². The third-order valence-corrected chi connectivity index (χ3v) is 5.24. The molecule has 0 spiro atoms. The Morgan fingerprint density at radius 1 is 0.808 bits per heavy atom. The molecule has 10 heteroatoms. The van der Waals surface area contributed by atoms with Gasteiger partial charge in [0, 0.05) is 0 Å². The first kappa shape index (κ1) is 19.4. The molecule has 0 heterocycles. The van der Waals surface area contributed by atoms with Crippen molar-refractivity contribution in [3.8, 4) is 0 Å². The molecule has 0 radical (unpaired) electrons. The minimum Gasteiger partial charge on any atom is -0.387 e. The van der Waals surface area contributed by atoms with Crippen molar-refractivity contribution >= 4 is 18.6 Å². The molecule has 142 valence electrons. The zero-order valence-corrected chi connectivity index (χ0v) is 14.2. The Morgan fingerprint density at radius 3 is 1.88 bits per heavy atom. The number of phosphoric ester groups is 1. The van der Waals surface area contributed by atoms with Gasteiger partial charge in [0.05, 0.1) is 0 Å². The molecule has 0 aromatic heterocycles. The van der Waals surface area contributed by atoms with E-state index in [1.807, 2.05) is 0 Å². The molecule has 2 unspecified atom stereocenters. The van der Waals surface area contributed by atoms with Gasteiger partial charge in [0.1, 0.15) is 30.5 Å². The van der Waals surface area contributed by atoms with E-state index in [1.54, 1.807) is 30.3 Å². The highest BCUT2D eigenvalue weighted by atomic mass is 31.2. The maximum Gasteiger partial charge on any atom is 0.470 e. The van der Waals surface area contributed by atoms with E-state index in [-0.39, 0.29) is 5.56 Å². The van der Waals surface area contributed by atoms with Gasteiger partial charge in [-0.15, -0.1) is 0 Å². The smallest absolute Gasteiger partial charge is 0.387 e. The van der Waals surface area contributed by atoms with Crippen molar-refractivity contribution in [2.75, 3.05) is 0 Å². The Hall–Kier alpha value is -1.39. The van der Waals surface area contributed by atoms with Gasteiger partial charge in [-0.3, -0.25) is 4.52 Å². The highest BCUT2D eigenvalue weighted by molar-refractivity contribution is 7.46. The van der Waals surface area contributed by atoms with Crippen LogP contribution >= 0.6 is 7.82 Å². The molecule has 1 aliphatic rings. The van der Waals surface area contributed by atoms with Gasteiger partial charge in [-0.05, 0) is 22.4 Å². The van der Waals surface area contributed by atoms with E-state index >= 15 is 0 Å². The van der Waals surface area contributed by atoms with E-state index in [4.69, 9.17) is 4.52 Å². The Bertz CT molecular complexity index is 834. The maximum absolute atomic E-state index is 11.6. The fourth-order valence-electron chi connectivity index (χ4n) is 3.39. The standard InChI is InChI=1S/C16H19O9P/c17-11-12(18)14(20)16(15(21)13(11)19,25-26(22,23)24)10-6-5-8-3-1-2-4-9(8)7-10/h1-7,11-15,17-21H,(H2,22,23,24)/t11?,12-,13+,14-,15-,16?/m0/s1. The highest BCUT2D eigenvalue weighted by Crippen LogP contribution is 2.52. The molecule has 1 fully saturated rings. The third-order valence-electron chi connectivity index (χ3n) is 4.70. The number of hydrogen-bond donors (Lipinski definition) is 7. The summed E-state index contributed by atoms with van der Waals surface area (Å²) in [5, 5.41) is 52.2. The monoisotopic (exact) mass is 386 g/mol. The molecule has 3 rings (SSSR count). The molecule has 0 amide bonds. The topological polar surface area (TPSA) is 168 Å². The van der Waals surface area contributed by atoms with Gasteiger partial charge in [-0.25, -0.2) is 4.57 Å². The molecule has 0 bridgehead atoms. The number of benzene rings is 2. The molecule has 0 saturated heterocycles. The lowest BCUT2D eigenvalue weighted by Crippen LogP contribution is -2.69. The second-order valence-corrected chi connectivity index (χ2v) is 7.46. The molecule has 9 nitrogen and oxygen atoms in total. The van der Waals surface area contributed by atoms with E-state index in [2.05, 4.69) is 0 Å². The number of rotatable bonds is 3. The number of aliphatic hydroxyl groups excluding tert-OH is 5. The number of phosphoric acid groups is 1. The van der Waals surface area contributed by atoms with Crippen molar-refractivity contribution in [3.05, 3.63) is 48.0 Å². The van der Waals surface area contributed by atoms with Crippen LogP contribution < -0.4 is 0 Å². The molecule has 1 saturated carbocycles. The zero-order valence-electron chi connectivity index (χ0n) is 13.3. The second kappa shape index (κ2) is 6.65. The number of aliphatic hydroxyl groups is 5. The molecule has 7 N–H and O–H groups in total. The Kier molecular flexibility index (Phi) is 4.95. The first-order valence-corrected chi connectivity index (χ1v) is 9.27. The maximum atomic E-state index is 11.6. The lowest BCUT2D eigenvalue weighted by Gasteiger charge is -2.50. The summed E-state index contributed by atoms with van der Waals surface area (Å²) in [5.41, 5.74) is -2.65. The predicted octanol–water partition coefficient (Wildman–Crippen LogP) is -1.04. The van der Waals surface area contributed by atoms with Crippen LogP contribution in [0.4, 0.5) is 0 Å². The molecule has 26 heavy (non-hydrogen) atoms. The number of fused-ring (bicyclic) bond motifs is 1. The first-order chi connectivity index (χ1) is 12.1. The average Bonchev–Trinajstić information content (AvgIpc) is 2.61. The van der Waals surface area contributed by atoms with Crippen molar-refractivity contribution in [3.63, 3.8) is 0 Å². The van der Waals surface area contributed by atoms with E-state index < -0.39 is 43.9 Å². The third kappa shape index (κ3) is 3.07. The normalized spacial score (nSPS) is 35.6. The van der Waals surface area contributed by atoms with Crippen LogP contribution in [0.1, 0.15) is 5.56 Å². The SMILES string of the molecule is O=P(O)(O)OC1(c2ccc3ccccc3c2)[C@@H](O)[C@H](O)C(O)[C@H](O)[C@@H]1O. The summed E-state index contributed by atoms with van der Waals surface area (Å²) in [5.74, 6) is 0. The van der Waals surface area contributed by atoms with Gasteiger partial charge in [-0.2, -0.15) is 0 Å². The summed E-state index contributed by atoms with van der Waals surface area (Å²) in [6.45, 7) is 0. The lowest BCUT2D eigenvalue weighted by molar-refractivity contribution is -0.267. The van der Waals surface area contributed by atoms with Crippen LogP contribution in [0.25, 0.3) is 10.8 Å². The van der Waals surface area contributed by atoms with Crippen LogP contribution in [0, 0.1) is 0 Å². The van der Waals surface area contributed by atoms with E-state index in [0.29, 0.717) is 5.39 Å². The Balaban J connectivity index is 2.24. The molecule has 0 aliphatic heterocycles. The minimum absolute atomic E-state index is 0.0791. The summed E-state index contributed by atoms with van der Waals surface area (Å²) in [6.07, 6.45) is -10.2. The molecular weight excluding hydrogens is 367 g/mol. The minimum atomic E-state index is -5.30. The molecule has 1 aliphatic carbocycles. The van der Waals surface area contributed by atoms with Gasteiger partial charge in [0.2, 0.25) is 0 Å². The van der Waals surface area contributed by atoms with Crippen LogP contribution in [0.3, 0.4) is 0 Å². The Morgan fingerprint density at radius 2 is 1.35 bits per heavy atom. The van der Waals surface area contributed by atoms with E-state index in [9.17, 15) is 39.9 Å². The van der Waals surface area contributed by atoms with Gasteiger partial charge in [0.15, 0.2) is 5.60 Å². The quantitative estimate of drug-likeness (QED) is 0.326. The van der Waals surface area contributed by atoms with Crippen LogP contribution in [0.2, 0.25) is 0 Å². The largest absolute Gasteiger partial charge is 0.470 e. The summed E-state index contributed by atoms with van der Waals surface area (Å²) in [4.78, 5) is 18.6. The van der Waals surface area contributed by atoms with Crippen LogP contribution in [-0.2, 0) is 14.7 Å². The van der Waals surface area contributed by atoms with Gasteiger partial charge in [0.25, 0.3) is 0 Å². The lowest BCUT2D eigenvalue weighted by atomic mass is 9.71. The van der Waals surface area contributed by atoms with Crippen molar-refractivity contribution in [1.82, 2.24) is 0 Å². The van der Waals surface area contributed by atoms with Crippen molar-refractivity contribution in [2.24, 2.45) is 0 Å². The predicted molar refractivity (Wildman–Crippen MR) is 88.8 cm³/mol. The molecular formula is C16H19O9P. The average molecular weight is 386 g/mol. The van der Waals surface area contributed by atoms with Crippen LogP contribution in [0.15, 0.2) is 42.5 Å². The van der Waals surface area contributed by atoms with Gasteiger partial charge < -0.3 is 35.3 Å². The van der Waals surface area contributed by atoms with Crippen molar-refractivity contribution in [1.29, 1.82) is 0 Å². The van der Waals surface area contributed by atoms with Crippen LogP contribution in [-0.4, -0.2) is 65.8 Å². The second-order valence-electron chi connectivity index (χ2n) is 6.30. The zero-order chi connectivity index (χ0) is 19.3. The summed E-state index contributed by atoms with van der Waals surface area (Å²) in [6, 6.07) is 11.3. The van der Waals surface area contributed by atoms with Crippen molar-refractivity contribution in [2.45, 2.75) is 36.1 Å². The van der Waals surface area contributed by atoms with Gasteiger partial charge >= 0.3 is 7.82 Å². The summed E-state index contributed by atoms with van der Waals surface area (Å²) < 4.78 is 16.3. The fraction of sp³-hybridized carbons (Fsp3) is 0.375. The molecule has 2 aromatic rings. The first-order valence-electron chi connectivity index (χ1n) is 7.74. The van der Waals surface area contributed by atoms with E-state index in [1.165, 1.54) is 12.1 Å². The number of hydrogen-bond acceptors (Lipinski definition) is 7. The highest BCUT2D eigenvalue weighted by Gasteiger charge is 2.62.